The van der Waals surface area contributed by atoms with Crippen molar-refractivity contribution in [1.82, 2.24) is 5.06 Å². The second kappa shape index (κ2) is 11.1. The molecule has 5 aromatic carbocycles. The summed E-state index contributed by atoms with van der Waals surface area (Å²) < 4.78 is 6.17. The Morgan fingerprint density at radius 3 is 1.89 bits per heavy atom. The molecule has 35 heavy (non-hydrogen) atoms. The van der Waals surface area contributed by atoms with Gasteiger partial charge in [0.25, 0.3) is 0 Å². The van der Waals surface area contributed by atoms with Crippen molar-refractivity contribution in [3.05, 3.63) is 156 Å². The van der Waals surface area contributed by atoms with Crippen molar-refractivity contribution < 1.29 is 9.94 Å². The van der Waals surface area contributed by atoms with E-state index in [1.54, 1.807) is 0 Å². The van der Waals surface area contributed by atoms with E-state index in [0.717, 1.165) is 33.0 Å². The molecule has 0 saturated heterocycles. The standard InChI is InChI=1S/C32H29NO2/c34-33(31(27-16-6-2-7-17-27)24-35-23-25-13-4-1-5-14-25)32(28-18-8-3-9-19-28)30-22-12-20-26-15-10-11-21-29(26)30/h1-22,31-32,34H,23-24H2/t31-,32+/m0/s1. The van der Waals surface area contributed by atoms with Crippen molar-refractivity contribution >= 4 is 10.8 Å². The third kappa shape index (κ3) is 5.33. The molecule has 0 aliphatic rings. The fourth-order valence-electron chi connectivity index (χ4n) is 4.64. The third-order valence-electron chi connectivity index (χ3n) is 6.39. The van der Waals surface area contributed by atoms with E-state index < -0.39 is 0 Å². The summed E-state index contributed by atoms with van der Waals surface area (Å²) in [4.78, 5) is 0. The molecule has 3 nitrogen and oxygen atoms in total. The molecule has 0 amide bonds. The van der Waals surface area contributed by atoms with E-state index in [1.807, 2.05) is 78.9 Å². The van der Waals surface area contributed by atoms with E-state index in [-0.39, 0.29) is 12.1 Å². The average molecular weight is 460 g/mol. The fraction of sp³-hybridized carbons (Fsp3) is 0.125. The zero-order chi connectivity index (χ0) is 23.9. The van der Waals surface area contributed by atoms with Gasteiger partial charge in [-0.05, 0) is 33.0 Å². The predicted molar refractivity (Wildman–Crippen MR) is 141 cm³/mol. The molecule has 0 saturated carbocycles. The SMILES string of the molecule is ON([C@H](c1ccccc1)c1cccc2ccccc12)[C@@H](COCc1ccccc1)c1ccccc1. The number of ether oxygens (including phenoxy) is 1. The molecular weight excluding hydrogens is 430 g/mol. The number of nitrogens with zero attached hydrogens (tertiary/aromatic N) is 1. The summed E-state index contributed by atoms with van der Waals surface area (Å²) in [6.45, 7) is 0.839. The Bertz CT molecular complexity index is 1330. The molecule has 0 heterocycles. The summed E-state index contributed by atoms with van der Waals surface area (Å²) in [5.74, 6) is 0. The lowest BCUT2D eigenvalue weighted by Gasteiger charge is -2.34. The molecule has 0 fully saturated rings. The van der Waals surface area contributed by atoms with Crippen LogP contribution in [0.25, 0.3) is 10.8 Å². The Hall–Kier alpha value is -3.76. The zero-order valence-electron chi connectivity index (χ0n) is 19.6. The highest BCUT2D eigenvalue weighted by Crippen LogP contribution is 2.37. The van der Waals surface area contributed by atoms with Gasteiger partial charge in [-0.25, -0.2) is 0 Å². The maximum Gasteiger partial charge on any atom is 0.0863 e. The van der Waals surface area contributed by atoms with Gasteiger partial charge in [0, 0.05) is 0 Å². The first-order valence-corrected chi connectivity index (χ1v) is 12.0. The normalized spacial score (nSPS) is 13.1. The molecule has 0 aliphatic carbocycles. The summed E-state index contributed by atoms with van der Waals surface area (Å²) in [7, 11) is 0. The molecule has 0 aromatic heterocycles. The fourth-order valence-corrected chi connectivity index (χ4v) is 4.64. The van der Waals surface area contributed by atoms with Gasteiger partial charge in [0.2, 0.25) is 0 Å². The number of rotatable bonds is 9. The minimum absolute atomic E-state index is 0.351. The summed E-state index contributed by atoms with van der Waals surface area (Å²) in [6.07, 6.45) is 0. The maximum absolute atomic E-state index is 11.9. The van der Waals surface area contributed by atoms with Gasteiger partial charge in [-0.2, -0.15) is 5.06 Å². The molecule has 174 valence electrons. The quantitative estimate of drug-likeness (QED) is 0.231. The van der Waals surface area contributed by atoms with Crippen LogP contribution in [0.15, 0.2) is 133 Å². The van der Waals surface area contributed by atoms with Gasteiger partial charge in [0.1, 0.15) is 0 Å². The van der Waals surface area contributed by atoms with Crippen molar-refractivity contribution in [3.63, 3.8) is 0 Å². The minimum Gasteiger partial charge on any atom is -0.375 e. The topological polar surface area (TPSA) is 32.7 Å². The number of fused-ring (bicyclic) bond motifs is 1. The lowest BCUT2D eigenvalue weighted by molar-refractivity contribution is -0.169. The van der Waals surface area contributed by atoms with Crippen molar-refractivity contribution in [2.45, 2.75) is 18.7 Å². The van der Waals surface area contributed by atoms with Crippen molar-refractivity contribution in [3.8, 4) is 0 Å². The van der Waals surface area contributed by atoms with Crippen LogP contribution >= 0.6 is 0 Å². The number of hydroxylamine groups is 2. The lowest BCUT2D eigenvalue weighted by Crippen LogP contribution is -2.33. The molecule has 0 unspecified atom stereocenters. The van der Waals surface area contributed by atoms with E-state index >= 15 is 0 Å². The molecule has 2 atom stereocenters. The number of hydrogen-bond acceptors (Lipinski definition) is 3. The molecule has 0 aliphatic heterocycles. The van der Waals surface area contributed by atoms with Crippen molar-refractivity contribution in [1.29, 1.82) is 0 Å². The number of benzene rings is 5. The van der Waals surface area contributed by atoms with Crippen LogP contribution in [0.2, 0.25) is 0 Å². The van der Waals surface area contributed by atoms with Crippen LogP contribution in [-0.4, -0.2) is 16.9 Å². The Morgan fingerprint density at radius 1 is 0.600 bits per heavy atom. The third-order valence-corrected chi connectivity index (χ3v) is 6.39. The minimum atomic E-state index is -0.368. The molecule has 0 bridgehead atoms. The Labute approximate surface area is 206 Å². The molecule has 3 heteroatoms. The molecule has 1 N–H and O–H groups in total. The molecule has 5 rings (SSSR count). The summed E-state index contributed by atoms with van der Waals surface area (Å²) in [5, 5.41) is 15.7. The molecule has 0 spiro atoms. The Morgan fingerprint density at radius 2 is 1.17 bits per heavy atom. The monoisotopic (exact) mass is 459 g/mol. The van der Waals surface area contributed by atoms with Gasteiger partial charge in [0.15, 0.2) is 0 Å². The van der Waals surface area contributed by atoms with Crippen LogP contribution in [0.4, 0.5) is 0 Å². The molecule has 0 radical (unpaired) electrons. The van der Waals surface area contributed by atoms with Gasteiger partial charge in [-0.15, -0.1) is 0 Å². The maximum atomic E-state index is 11.9. The highest BCUT2D eigenvalue weighted by atomic mass is 16.5. The molecule has 5 aromatic rings. The smallest absolute Gasteiger partial charge is 0.0863 e. The van der Waals surface area contributed by atoms with Crippen LogP contribution in [0.1, 0.15) is 34.3 Å². The van der Waals surface area contributed by atoms with Crippen LogP contribution in [0, 0.1) is 0 Å². The first kappa shape index (κ1) is 23.0. The average Bonchev–Trinajstić information content (AvgIpc) is 2.93. The van der Waals surface area contributed by atoms with Gasteiger partial charge in [-0.1, -0.05) is 133 Å². The highest BCUT2D eigenvalue weighted by Gasteiger charge is 2.30. The van der Waals surface area contributed by atoms with Gasteiger partial charge in [-0.3, -0.25) is 0 Å². The van der Waals surface area contributed by atoms with Crippen molar-refractivity contribution in [2.24, 2.45) is 0 Å². The first-order valence-electron chi connectivity index (χ1n) is 12.0. The van der Waals surface area contributed by atoms with Gasteiger partial charge in [0.05, 0.1) is 25.3 Å². The summed E-state index contributed by atoms with van der Waals surface area (Å²) in [5.41, 5.74) is 4.19. The number of hydrogen-bond donors (Lipinski definition) is 1. The van der Waals surface area contributed by atoms with E-state index in [2.05, 4.69) is 54.6 Å². The second-order valence-corrected chi connectivity index (χ2v) is 8.69. The van der Waals surface area contributed by atoms with Crippen LogP contribution in [0.5, 0.6) is 0 Å². The van der Waals surface area contributed by atoms with E-state index in [9.17, 15) is 5.21 Å². The van der Waals surface area contributed by atoms with Gasteiger partial charge < -0.3 is 9.94 Å². The Balaban J connectivity index is 1.53. The van der Waals surface area contributed by atoms with Crippen LogP contribution < -0.4 is 0 Å². The lowest BCUT2D eigenvalue weighted by atomic mass is 9.92. The highest BCUT2D eigenvalue weighted by molar-refractivity contribution is 5.86. The summed E-state index contributed by atoms with van der Waals surface area (Å²) in [6, 6.07) is 44.3. The van der Waals surface area contributed by atoms with E-state index in [0.29, 0.717) is 13.2 Å². The van der Waals surface area contributed by atoms with Crippen LogP contribution in [-0.2, 0) is 11.3 Å². The zero-order valence-corrected chi connectivity index (χ0v) is 19.6. The van der Waals surface area contributed by atoms with E-state index in [1.165, 1.54) is 5.06 Å². The first-order chi connectivity index (χ1) is 17.3. The van der Waals surface area contributed by atoms with Gasteiger partial charge >= 0.3 is 0 Å². The summed E-state index contributed by atoms with van der Waals surface area (Å²) >= 11 is 0. The van der Waals surface area contributed by atoms with Crippen LogP contribution in [0.3, 0.4) is 0 Å². The largest absolute Gasteiger partial charge is 0.375 e. The second-order valence-electron chi connectivity index (χ2n) is 8.69. The van der Waals surface area contributed by atoms with E-state index in [4.69, 9.17) is 4.74 Å². The predicted octanol–water partition coefficient (Wildman–Crippen LogP) is 7.58. The Kier molecular flexibility index (Phi) is 7.30. The van der Waals surface area contributed by atoms with Crippen molar-refractivity contribution in [2.75, 3.05) is 6.61 Å². The molecular formula is C32H29NO2.